The van der Waals surface area contributed by atoms with Crippen molar-refractivity contribution in [3.63, 3.8) is 0 Å². The number of anilines is 1. The number of nitrogens with zero attached hydrogens (tertiary/aromatic N) is 4. The van der Waals surface area contributed by atoms with Gasteiger partial charge in [-0.1, -0.05) is 57.2 Å². The highest BCUT2D eigenvalue weighted by molar-refractivity contribution is 5.50. The Labute approximate surface area is 264 Å². The van der Waals surface area contributed by atoms with Crippen LogP contribution in [0.4, 0.5) is 23.2 Å². The molecule has 3 heterocycles. The quantitative estimate of drug-likeness (QED) is 0.258. The van der Waals surface area contributed by atoms with E-state index in [9.17, 15) is 27.2 Å². The van der Waals surface area contributed by atoms with E-state index in [0.29, 0.717) is 38.3 Å². The van der Waals surface area contributed by atoms with E-state index in [1.165, 1.54) is 6.92 Å². The zero-order valence-corrected chi connectivity index (χ0v) is 26.4. The van der Waals surface area contributed by atoms with Crippen molar-refractivity contribution >= 4 is 5.69 Å². The number of furan rings is 1. The van der Waals surface area contributed by atoms with Crippen molar-refractivity contribution in [2.45, 2.75) is 65.0 Å². The third-order valence-corrected chi connectivity index (χ3v) is 8.47. The third kappa shape index (κ3) is 6.97. The van der Waals surface area contributed by atoms with Gasteiger partial charge in [0.05, 0.1) is 25.2 Å². The van der Waals surface area contributed by atoms with Gasteiger partial charge in [0.15, 0.2) is 0 Å². The molecule has 12 heteroatoms. The number of piperazine rings is 1. The van der Waals surface area contributed by atoms with E-state index >= 15 is 0 Å². The van der Waals surface area contributed by atoms with Crippen LogP contribution in [-0.2, 0) is 31.2 Å². The monoisotopic (exact) mass is 641 g/mol. The molecule has 0 saturated carbocycles. The molecular weight excluding hydrogens is 602 g/mol. The summed E-state index contributed by atoms with van der Waals surface area (Å²) in [5.74, 6) is 0.616. The van der Waals surface area contributed by atoms with Crippen LogP contribution < -0.4 is 21.9 Å². The van der Waals surface area contributed by atoms with E-state index < -0.39 is 47.0 Å². The summed E-state index contributed by atoms with van der Waals surface area (Å²) in [6.45, 7) is 9.35. The van der Waals surface area contributed by atoms with Crippen molar-refractivity contribution in [1.82, 2.24) is 14.0 Å². The van der Waals surface area contributed by atoms with Crippen LogP contribution >= 0.6 is 0 Å². The molecule has 46 heavy (non-hydrogen) atoms. The van der Waals surface area contributed by atoms with Gasteiger partial charge in [0.1, 0.15) is 23.0 Å². The average Bonchev–Trinajstić information content (AvgIpc) is 3.48. The zero-order valence-electron chi connectivity index (χ0n) is 26.4. The molecule has 0 unspecified atom stereocenters. The van der Waals surface area contributed by atoms with Gasteiger partial charge >= 0.3 is 11.9 Å². The van der Waals surface area contributed by atoms with Gasteiger partial charge in [-0.3, -0.25) is 18.8 Å². The third-order valence-electron chi connectivity index (χ3n) is 8.47. The van der Waals surface area contributed by atoms with Crippen molar-refractivity contribution in [1.29, 1.82) is 0 Å². The summed E-state index contributed by atoms with van der Waals surface area (Å²) >= 11 is 0. The average molecular weight is 642 g/mol. The fourth-order valence-electron chi connectivity index (χ4n) is 5.86. The highest BCUT2D eigenvalue weighted by atomic mass is 19.4. The van der Waals surface area contributed by atoms with E-state index in [-0.39, 0.29) is 23.3 Å². The molecule has 0 bridgehead atoms. The SMILES string of the molecule is Cc1c(N2CCN(Cc3ccc(C(C)(C)C)o3)CC2)c(=O)n(C[C@@H](N)c2ccccc2)c(=O)n1Cc1c(F)cccc1C(F)(F)F. The lowest BCUT2D eigenvalue weighted by molar-refractivity contribution is -0.138. The summed E-state index contributed by atoms with van der Waals surface area (Å²) in [5, 5.41) is 0. The van der Waals surface area contributed by atoms with E-state index in [1.54, 1.807) is 30.3 Å². The molecule has 8 nitrogen and oxygen atoms in total. The molecule has 2 aromatic carbocycles. The number of hydrogen-bond acceptors (Lipinski definition) is 6. The van der Waals surface area contributed by atoms with Gasteiger partial charge in [0, 0.05) is 48.9 Å². The summed E-state index contributed by atoms with van der Waals surface area (Å²) in [5.41, 5.74) is 3.99. The predicted molar refractivity (Wildman–Crippen MR) is 168 cm³/mol. The summed E-state index contributed by atoms with van der Waals surface area (Å²) in [6.07, 6.45) is -4.85. The number of alkyl halides is 3. The van der Waals surface area contributed by atoms with Gasteiger partial charge in [0.25, 0.3) is 5.56 Å². The molecule has 0 radical (unpaired) electrons. The lowest BCUT2D eigenvalue weighted by Gasteiger charge is -2.36. The molecule has 0 amide bonds. The molecule has 5 rings (SSSR count). The first-order valence-corrected chi connectivity index (χ1v) is 15.2. The fourth-order valence-corrected chi connectivity index (χ4v) is 5.86. The van der Waals surface area contributed by atoms with Gasteiger partial charge in [-0.2, -0.15) is 13.2 Å². The number of halogens is 4. The van der Waals surface area contributed by atoms with E-state index in [0.717, 1.165) is 38.9 Å². The van der Waals surface area contributed by atoms with Crippen LogP contribution in [0.5, 0.6) is 0 Å². The molecule has 0 spiro atoms. The lowest BCUT2D eigenvalue weighted by Crippen LogP contribution is -2.51. The number of hydrogen-bond donors (Lipinski definition) is 1. The second-order valence-corrected chi connectivity index (χ2v) is 12.8. The largest absolute Gasteiger partial charge is 0.464 e. The van der Waals surface area contributed by atoms with Crippen molar-refractivity contribution in [2.24, 2.45) is 5.73 Å². The highest BCUT2D eigenvalue weighted by Crippen LogP contribution is 2.34. The van der Waals surface area contributed by atoms with Crippen LogP contribution in [0.15, 0.2) is 74.7 Å². The molecule has 2 N–H and O–H groups in total. The molecule has 4 aromatic rings. The molecule has 1 atom stereocenters. The van der Waals surface area contributed by atoms with Gasteiger partial charge in [-0.15, -0.1) is 0 Å². The number of benzene rings is 2. The summed E-state index contributed by atoms with van der Waals surface area (Å²) in [6, 6.07) is 14.8. The first-order chi connectivity index (χ1) is 21.6. The topological polar surface area (TPSA) is 89.6 Å². The van der Waals surface area contributed by atoms with Gasteiger partial charge in [-0.05, 0) is 36.8 Å². The normalized spacial score (nSPS) is 15.4. The number of aromatic nitrogens is 2. The molecular formula is C34H39F4N5O3. The van der Waals surface area contributed by atoms with Crippen LogP contribution in [0.2, 0.25) is 0 Å². The molecule has 1 aliphatic heterocycles. The van der Waals surface area contributed by atoms with Crippen molar-refractivity contribution in [2.75, 3.05) is 31.1 Å². The first-order valence-electron chi connectivity index (χ1n) is 15.2. The highest BCUT2D eigenvalue weighted by Gasteiger charge is 2.35. The summed E-state index contributed by atoms with van der Waals surface area (Å²) in [7, 11) is 0. The van der Waals surface area contributed by atoms with Crippen LogP contribution in [0.3, 0.4) is 0 Å². The molecule has 0 aliphatic carbocycles. The van der Waals surface area contributed by atoms with E-state index in [2.05, 4.69) is 25.7 Å². The maximum Gasteiger partial charge on any atom is 0.416 e. The van der Waals surface area contributed by atoms with E-state index in [1.807, 2.05) is 17.0 Å². The Bertz CT molecular complexity index is 1800. The molecule has 1 fully saturated rings. The standard InChI is InChI=1S/C34H39F4N5O3/c1-22-30(41-17-15-40(16-18-41)19-24-13-14-29(46-24)33(2,3)4)31(44)43(21-28(39)23-9-6-5-7-10-23)32(45)42(22)20-25-26(34(36,37)38)11-8-12-27(25)35/h5-14,28H,15-21,39H2,1-4H3/t28-/m1/s1. The first kappa shape index (κ1) is 33.2. The van der Waals surface area contributed by atoms with Crippen molar-refractivity contribution in [3.8, 4) is 0 Å². The Morgan fingerprint density at radius 3 is 2.15 bits per heavy atom. The van der Waals surface area contributed by atoms with Crippen LogP contribution in [0, 0.1) is 12.7 Å². The Kier molecular flexibility index (Phi) is 9.33. The Balaban J connectivity index is 1.50. The summed E-state index contributed by atoms with van der Waals surface area (Å²) < 4.78 is 64.7. The molecule has 1 aliphatic rings. The Morgan fingerprint density at radius 2 is 1.54 bits per heavy atom. The Morgan fingerprint density at radius 1 is 0.870 bits per heavy atom. The minimum absolute atomic E-state index is 0.121. The molecule has 1 saturated heterocycles. The number of rotatable bonds is 8. The van der Waals surface area contributed by atoms with Crippen LogP contribution in [-0.4, -0.2) is 40.2 Å². The lowest BCUT2D eigenvalue weighted by atomic mass is 9.94. The van der Waals surface area contributed by atoms with Crippen LogP contribution in [0.25, 0.3) is 0 Å². The minimum atomic E-state index is -4.85. The second-order valence-electron chi connectivity index (χ2n) is 12.8. The maximum absolute atomic E-state index is 15.0. The smallest absolute Gasteiger partial charge is 0.416 e. The van der Waals surface area contributed by atoms with Gasteiger partial charge in [-0.25, -0.2) is 9.18 Å². The van der Waals surface area contributed by atoms with Crippen LogP contribution in [0.1, 0.15) is 60.7 Å². The second kappa shape index (κ2) is 12.9. The minimum Gasteiger partial charge on any atom is -0.464 e. The van der Waals surface area contributed by atoms with Gasteiger partial charge < -0.3 is 15.1 Å². The Hall–Kier alpha value is -4.16. The van der Waals surface area contributed by atoms with Crippen molar-refractivity contribution < 1.29 is 22.0 Å². The predicted octanol–water partition coefficient (Wildman–Crippen LogP) is 5.44. The maximum atomic E-state index is 15.0. The molecule has 246 valence electrons. The number of nitrogens with two attached hydrogens (primary N) is 1. The van der Waals surface area contributed by atoms with E-state index in [4.69, 9.17) is 10.2 Å². The zero-order chi connectivity index (χ0) is 33.4. The fraction of sp³-hybridized carbons (Fsp3) is 0.412. The summed E-state index contributed by atoms with van der Waals surface area (Å²) in [4.78, 5) is 31.9. The molecule has 2 aromatic heterocycles. The van der Waals surface area contributed by atoms with Crippen molar-refractivity contribution in [3.05, 3.63) is 121 Å². The van der Waals surface area contributed by atoms with Gasteiger partial charge in [0.2, 0.25) is 0 Å².